The molecule has 0 aromatic heterocycles. The van der Waals surface area contributed by atoms with Crippen LogP contribution >= 0.6 is 0 Å². The first-order valence-electron chi connectivity index (χ1n) is 8.29. The Bertz CT molecular complexity index is 306. The lowest BCUT2D eigenvalue weighted by Crippen LogP contribution is -2.49. The number of nitrogens with one attached hydrogen (secondary N) is 1. The van der Waals surface area contributed by atoms with Crippen molar-refractivity contribution in [2.75, 3.05) is 53.4 Å². The molecule has 0 amide bonds. The monoisotopic (exact) mass is 299 g/mol. The van der Waals surface area contributed by atoms with Gasteiger partial charge in [-0.3, -0.25) is 4.79 Å². The summed E-state index contributed by atoms with van der Waals surface area (Å²) in [5.41, 5.74) is -0.564. The van der Waals surface area contributed by atoms with Gasteiger partial charge in [-0.15, -0.1) is 0 Å². The van der Waals surface area contributed by atoms with Gasteiger partial charge < -0.3 is 19.9 Å². The zero-order valence-electron chi connectivity index (χ0n) is 14.3. The van der Waals surface area contributed by atoms with Gasteiger partial charge in [0, 0.05) is 13.1 Å². The molecule has 5 nitrogen and oxygen atoms in total. The maximum absolute atomic E-state index is 12.0. The number of nitrogens with zero attached hydrogens (tertiary/aromatic N) is 2. The van der Waals surface area contributed by atoms with Gasteiger partial charge in [0.2, 0.25) is 0 Å². The largest absolute Gasteiger partial charge is 0.465 e. The molecular weight excluding hydrogens is 266 g/mol. The molecule has 1 rings (SSSR count). The molecule has 0 aromatic carbocycles. The van der Waals surface area contributed by atoms with Gasteiger partial charge in [-0.05, 0) is 73.3 Å². The Hall–Kier alpha value is -0.650. The molecule has 1 unspecified atom stereocenters. The topological polar surface area (TPSA) is 44.8 Å². The molecule has 0 aromatic rings. The van der Waals surface area contributed by atoms with Crippen LogP contribution in [0.4, 0.5) is 0 Å². The van der Waals surface area contributed by atoms with E-state index in [0.29, 0.717) is 6.61 Å². The summed E-state index contributed by atoms with van der Waals surface area (Å²) in [7, 11) is 3.99. The highest BCUT2D eigenvalue weighted by molar-refractivity contribution is 5.80. The fourth-order valence-corrected chi connectivity index (χ4v) is 2.75. The SMILES string of the molecule is CCOC(=O)C(C)(CCCN(C)CCN1CCCC1)NC. The van der Waals surface area contributed by atoms with Gasteiger partial charge in [0.25, 0.3) is 0 Å². The average Bonchev–Trinajstić information content (AvgIpc) is 2.98. The van der Waals surface area contributed by atoms with Crippen molar-refractivity contribution in [2.24, 2.45) is 0 Å². The average molecular weight is 299 g/mol. The smallest absolute Gasteiger partial charge is 0.326 e. The molecule has 0 spiro atoms. The number of likely N-dealkylation sites (tertiary alicyclic amines) is 1. The van der Waals surface area contributed by atoms with Gasteiger partial charge in [-0.1, -0.05) is 0 Å². The van der Waals surface area contributed by atoms with Gasteiger partial charge in [0.1, 0.15) is 5.54 Å². The molecule has 1 fully saturated rings. The summed E-state index contributed by atoms with van der Waals surface area (Å²) in [4.78, 5) is 16.9. The van der Waals surface area contributed by atoms with Crippen molar-refractivity contribution in [3.05, 3.63) is 0 Å². The van der Waals surface area contributed by atoms with Crippen LogP contribution in [0.5, 0.6) is 0 Å². The maximum Gasteiger partial charge on any atom is 0.326 e. The van der Waals surface area contributed by atoms with Gasteiger partial charge in [0.15, 0.2) is 0 Å². The molecule has 1 N–H and O–H groups in total. The standard InChI is InChI=1S/C16H33N3O2/c1-5-21-15(20)16(2,17-3)9-8-10-18(4)13-14-19-11-6-7-12-19/h17H,5-14H2,1-4H3. The first-order chi connectivity index (χ1) is 10.0. The third kappa shape index (κ3) is 6.32. The van der Waals surface area contributed by atoms with E-state index < -0.39 is 5.54 Å². The molecule has 0 saturated carbocycles. The first kappa shape index (κ1) is 18.4. The van der Waals surface area contributed by atoms with E-state index in [2.05, 4.69) is 22.2 Å². The quantitative estimate of drug-likeness (QED) is 0.617. The van der Waals surface area contributed by atoms with Gasteiger partial charge in [-0.2, -0.15) is 0 Å². The van der Waals surface area contributed by atoms with Crippen LogP contribution in [0.15, 0.2) is 0 Å². The number of carbonyl (C=O) groups is 1. The zero-order chi connectivity index (χ0) is 15.7. The molecular formula is C16H33N3O2. The highest BCUT2D eigenvalue weighted by Crippen LogP contribution is 2.14. The van der Waals surface area contributed by atoms with E-state index in [-0.39, 0.29) is 5.97 Å². The minimum absolute atomic E-state index is 0.146. The Morgan fingerprint density at radius 1 is 1.33 bits per heavy atom. The fourth-order valence-electron chi connectivity index (χ4n) is 2.75. The van der Waals surface area contributed by atoms with Crippen LogP contribution < -0.4 is 5.32 Å². The lowest BCUT2D eigenvalue weighted by Gasteiger charge is -2.28. The van der Waals surface area contributed by atoms with Crippen LogP contribution in [0.25, 0.3) is 0 Å². The van der Waals surface area contributed by atoms with Crippen molar-refractivity contribution >= 4 is 5.97 Å². The number of carbonyl (C=O) groups excluding carboxylic acids is 1. The molecule has 124 valence electrons. The summed E-state index contributed by atoms with van der Waals surface area (Å²) in [5.74, 6) is -0.146. The molecule has 0 aliphatic carbocycles. The van der Waals surface area contributed by atoms with Crippen molar-refractivity contribution in [2.45, 2.75) is 45.1 Å². The Morgan fingerprint density at radius 2 is 2.00 bits per heavy atom. The molecule has 1 heterocycles. The van der Waals surface area contributed by atoms with E-state index in [1.807, 2.05) is 20.9 Å². The van der Waals surface area contributed by atoms with E-state index >= 15 is 0 Å². The summed E-state index contributed by atoms with van der Waals surface area (Å²) in [6, 6.07) is 0. The Labute approximate surface area is 130 Å². The summed E-state index contributed by atoms with van der Waals surface area (Å²) < 4.78 is 5.15. The predicted octanol–water partition coefficient (Wildman–Crippen LogP) is 1.34. The van der Waals surface area contributed by atoms with E-state index in [1.165, 1.54) is 25.9 Å². The van der Waals surface area contributed by atoms with E-state index in [4.69, 9.17) is 4.74 Å². The van der Waals surface area contributed by atoms with Crippen LogP contribution in [0.2, 0.25) is 0 Å². The minimum Gasteiger partial charge on any atom is -0.465 e. The zero-order valence-corrected chi connectivity index (χ0v) is 14.3. The van der Waals surface area contributed by atoms with Crippen molar-refractivity contribution in [1.82, 2.24) is 15.1 Å². The fraction of sp³-hybridized carbons (Fsp3) is 0.938. The summed E-state index contributed by atoms with van der Waals surface area (Å²) >= 11 is 0. The third-order valence-electron chi connectivity index (χ3n) is 4.49. The number of esters is 1. The van der Waals surface area contributed by atoms with Crippen LogP contribution in [-0.4, -0.2) is 74.7 Å². The highest BCUT2D eigenvalue weighted by Gasteiger charge is 2.32. The first-order valence-corrected chi connectivity index (χ1v) is 8.29. The molecule has 0 bridgehead atoms. The van der Waals surface area contributed by atoms with Gasteiger partial charge >= 0.3 is 5.97 Å². The lowest BCUT2D eigenvalue weighted by molar-refractivity contribution is -0.150. The van der Waals surface area contributed by atoms with Crippen LogP contribution in [-0.2, 0) is 9.53 Å². The number of hydrogen-bond acceptors (Lipinski definition) is 5. The number of likely N-dealkylation sites (N-methyl/N-ethyl adjacent to an activating group) is 2. The second kappa shape index (κ2) is 9.38. The van der Waals surface area contributed by atoms with Crippen LogP contribution in [0, 0.1) is 0 Å². The van der Waals surface area contributed by atoms with Gasteiger partial charge in [-0.25, -0.2) is 0 Å². The third-order valence-corrected chi connectivity index (χ3v) is 4.49. The predicted molar refractivity (Wildman–Crippen MR) is 86.5 cm³/mol. The summed E-state index contributed by atoms with van der Waals surface area (Å²) in [5, 5.41) is 3.11. The van der Waals surface area contributed by atoms with Crippen LogP contribution in [0.3, 0.4) is 0 Å². The second-order valence-corrected chi connectivity index (χ2v) is 6.26. The molecule has 0 radical (unpaired) electrons. The van der Waals surface area contributed by atoms with Crippen molar-refractivity contribution in [3.8, 4) is 0 Å². The molecule has 1 saturated heterocycles. The Kier molecular flexibility index (Phi) is 8.22. The molecule has 1 aliphatic heterocycles. The van der Waals surface area contributed by atoms with Crippen LogP contribution in [0.1, 0.15) is 39.5 Å². The van der Waals surface area contributed by atoms with E-state index in [0.717, 1.165) is 32.5 Å². The molecule has 5 heteroatoms. The summed E-state index contributed by atoms with van der Waals surface area (Å²) in [6.07, 6.45) is 4.50. The minimum atomic E-state index is -0.564. The van der Waals surface area contributed by atoms with E-state index in [1.54, 1.807) is 0 Å². The number of ether oxygens (including phenoxy) is 1. The van der Waals surface area contributed by atoms with Crippen molar-refractivity contribution < 1.29 is 9.53 Å². The van der Waals surface area contributed by atoms with Gasteiger partial charge in [0.05, 0.1) is 6.61 Å². The number of hydrogen-bond donors (Lipinski definition) is 1. The molecule has 1 aliphatic rings. The Morgan fingerprint density at radius 3 is 2.57 bits per heavy atom. The van der Waals surface area contributed by atoms with Crippen molar-refractivity contribution in [3.63, 3.8) is 0 Å². The number of rotatable bonds is 10. The van der Waals surface area contributed by atoms with E-state index in [9.17, 15) is 4.79 Å². The molecule has 1 atom stereocenters. The normalized spacial score (nSPS) is 18.9. The highest BCUT2D eigenvalue weighted by atomic mass is 16.5. The lowest BCUT2D eigenvalue weighted by atomic mass is 9.96. The molecule has 21 heavy (non-hydrogen) atoms. The maximum atomic E-state index is 12.0. The Balaban J connectivity index is 2.21. The second-order valence-electron chi connectivity index (χ2n) is 6.26. The van der Waals surface area contributed by atoms with Crippen molar-refractivity contribution in [1.29, 1.82) is 0 Å². The summed E-state index contributed by atoms with van der Waals surface area (Å²) in [6.45, 7) is 10.0.